The van der Waals surface area contributed by atoms with Gasteiger partial charge in [-0.2, -0.15) is 0 Å². The SMILES string of the molecule is CCOc1ccc(NS(=O)(=O)c2ccc3c(c2)[C@H]2C=CC[C@H]2[C@@H](c2ccccc2Cl)N3)cc1. The highest BCUT2D eigenvalue weighted by atomic mass is 35.5. The summed E-state index contributed by atoms with van der Waals surface area (Å²) in [6.07, 6.45) is 5.27. The van der Waals surface area contributed by atoms with Crippen molar-refractivity contribution in [1.29, 1.82) is 0 Å². The maximum atomic E-state index is 13.1. The van der Waals surface area contributed by atoms with Gasteiger partial charge in [0.15, 0.2) is 0 Å². The van der Waals surface area contributed by atoms with E-state index in [2.05, 4.69) is 28.3 Å². The van der Waals surface area contributed by atoms with E-state index in [1.54, 1.807) is 36.4 Å². The minimum atomic E-state index is -3.74. The summed E-state index contributed by atoms with van der Waals surface area (Å²) < 4.78 is 34.3. The predicted octanol–water partition coefficient (Wildman–Crippen LogP) is 6.37. The molecule has 33 heavy (non-hydrogen) atoms. The Morgan fingerprint density at radius 1 is 1.06 bits per heavy atom. The van der Waals surface area contributed by atoms with Gasteiger partial charge in [-0.1, -0.05) is 42.0 Å². The molecule has 2 aliphatic rings. The number of nitrogens with one attached hydrogen (secondary N) is 2. The second-order valence-electron chi connectivity index (χ2n) is 8.31. The number of ether oxygens (including phenoxy) is 1. The zero-order valence-electron chi connectivity index (χ0n) is 18.2. The van der Waals surface area contributed by atoms with Crippen molar-refractivity contribution in [2.45, 2.75) is 30.2 Å². The fourth-order valence-corrected chi connectivity index (χ4v) is 6.12. The van der Waals surface area contributed by atoms with Gasteiger partial charge in [0.1, 0.15) is 5.75 Å². The Kier molecular flexibility index (Phi) is 5.81. The number of rotatable bonds is 6. The molecule has 5 nitrogen and oxygen atoms in total. The third-order valence-electron chi connectivity index (χ3n) is 6.30. The summed E-state index contributed by atoms with van der Waals surface area (Å²) in [5, 5.41) is 4.36. The minimum Gasteiger partial charge on any atom is -0.494 e. The van der Waals surface area contributed by atoms with Crippen molar-refractivity contribution < 1.29 is 13.2 Å². The van der Waals surface area contributed by atoms with Crippen LogP contribution in [-0.2, 0) is 10.0 Å². The molecular formula is C26H25ClN2O3S. The first-order chi connectivity index (χ1) is 16.0. The number of fused-ring (bicyclic) bond motifs is 3. The van der Waals surface area contributed by atoms with Crippen LogP contribution >= 0.6 is 11.6 Å². The van der Waals surface area contributed by atoms with Gasteiger partial charge in [-0.3, -0.25) is 4.72 Å². The molecule has 0 saturated carbocycles. The van der Waals surface area contributed by atoms with Gasteiger partial charge in [-0.25, -0.2) is 8.42 Å². The molecule has 3 atom stereocenters. The Balaban J connectivity index is 1.44. The standard InChI is InChI=1S/C26H25ClN2O3S/c1-2-32-18-12-10-17(11-13-18)29-33(30,31)19-14-15-25-23(16-19)20-7-5-8-21(20)26(28-25)22-6-3-4-9-24(22)27/h3-7,9-16,20-21,26,28-29H,2,8H2,1H3/t20-,21+,26-/m0/s1. The summed E-state index contributed by atoms with van der Waals surface area (Å²) in [4.78, 5) is 0.243. The summed E-state index contributed by atoms with van der Waals surface area (Å²) in [5.74, 6) is 1.10. The highest BCUT2D eigenvalue weighted by Gasteiger charge is 2.39. The van der Waals surface area contributed by atoms with Gasteiger partial charge >= 0.3 is 0 Å². The van der Waals surface area contributed by atoms with Crippen LogP contribution in [0.3, 0.4) is 0 Å². The second-order valence-corrected chi connectivity index (χ2v) is 10.4. The molecule has 7 heteroatoms. The fourth-order valence-electron chi connectivity index (χ4n) is 4.77. The summed E-state index contributed by atoms with van der Waals surface area (Å²) in [5.41, 5.74) is 3.49. The molecule has 3 aromatic rings. The van der Waals surface area contributed by atoms with E-state index in [0.717, 1.165) is 28.3 Å². The lowest BCUT2D eigenvalue weighted by atomic mass is 9.77. The zero-order chi connectivity index (χ0) is 23.0. The molecule has 0 bridgehead atoms. The van der Waals surface area contributed by atoms with E-state index in [0.29, 0.717) is 18.0 Å². The third-order valence-corrected chi connectivity index (χ3v) is 8.03. The maximum absolute atomic E-state index is 13.1. The van der Waals surface area contributed by atoms with Gasteiger partial charge in [0, 0.05) is 22.3 Å². The molecule has 0 unspecified atom stereocenters. The van der Waals surface area contributed by atoms with Gasteiger partial charge in [-0.15, -0.1) is 0 Å². The van der Waals surface area contributed by atoms with Crippen LogP contribution in [0.25, 0.3) is 0 Å². The summed E-state index contributed by atoms with van der Waals surface area (Å²) >= 11 is 6.51. The highest BCUT2D eigenvalue weighted by Crippen LogP contribution is 2.51. The van der Waals surface area contributed by atoms with Crippen LogP contribution in [0, 0.1) is 5.92 Å². The second kappa shape index (κ2) is 8.76. The lowest BCUT2D eigenvalue weighted by Crippen LogP contribution is -2.29. The molecule has 0 spiro atoms. The normalized spacial score (nSPS) is 21.1. The first kappa shape index (κ1) is 21.9. The third kappa shape index (κ3) is 4.21. The number of anilines is 2. The molecule has 3 aromatic carbocycles. The largest absolute Gasteiger partial charge is 0.494 e. The molecule has 0 saturated heterocycles. The van der Waals surface area contributed by atoms with Crippen LogP contribution in [0.1, 0.15) is 36.4 Å². The fraction of sp³-hybridized carbons (Fsp3) is 0.231. The number of benzene rings is 3. The maximum Gasteiger partial charge on any atom is 0.261 e. The van der Waals surface area contributed by atoms with Crippen molar-refractivity contribution in [3.63, 3.8) is 0 Å². The van der Waals surface area contributed by atoms with Gasteiger partial charge in [0.2, 0.25) is 0 Å². The molecule has 1 heterocycles. The summed E-state index contributed by atoms with van der Waals surface area (Å²) in [6.45, 7) is 2.46. The van der Waals surface area contributed by atoms with Crippen LogP contribution in [0.15, 0.2) is 83.8 Å². The van der Waals surface area contributed by atoms with Crippen LogP contribution in [0.4, 0.5) is 11.4 Å². The Morgan fingerprint density at radius 2 is 1.85 bits per heavy atom. The molecule has 2 N–H and O–H groups in total. The lowest BCUT2D eigenvalue weighted by molar-refractivity contribution is 0.340. The smallest absolute Gasteiger partial charge is 0.261 e. The highest BCUT2D eigenvalue weighted by molar-refractivity contribution is 7.92. The average molecular weight is 481 g/mol. The molecule has 5 rings (SSSR count). The number of allylic oxidation sites excluding steroid dienone is 2. The molecule has 1 aliphatic carbocycles. The number of halogens is 1. The van der Waals surface area contributed by atoms with E-state index < -0.39 is 10.0 Å². The Hall–Kier alpha value is -2.96. The molecule has 170 valence electrons. The summed E-state index contributed by atoms with van der Waals surface area (Å²) in [7, 11) is -3.74. The van der Waals surface area contributed by atoms with E-state index in [1.165, 1.54) is 0 Å². The molecule has 0 aromatic heterocycles. The van der Waals surface area contributed by atoms with Crippen LogP contribution in [0.5, 0.6) is 5.75 Å². The van der Waals surface area contributed by atoms with Crippen LogP contribution in [0.2, 0.25) is 5.02 Å². The zero-order valence-corrected chi connectivity index (χ0v) is 19.7. The van der Waals surface area contributed by atoms with Crippen molar-refractivity contribution in [1.82, 2.24) is 0 Å². The first-order valence-corrected chi connectivity index (χ1v) is 12.9. The van der Waals surface area contributed by atoms with Gasteiger partial charge < -0.3 is 10.1 Å². The van der Waals surface area contributed by atoms with Crippen molar-refractivity contribution >= 4 is 33.0 Å². The van der Waals surface area contributed by atoms with Gasteiger partial charge in [-0.05, 0) is 78.9 Å². The van der Waals surface area contributed by atoms with Gasteiger partial charge in [0.05, 0.1) is 17.5 Å². The van der Waals surface area contributed by atoms with E-state index in [4.69, 9.17) is 16.3 Å². The Labute approximate surface area is 199 Å². The van der Waals surface area contributed by atoms with E-state index in [1.807, 2.05) is 31.2 Å². The topological polar surface area (TPSA) is 67.4 Å². The summed E-state index contributed by atoms with van der Waals surface area (Å²) in [6, 6.07) is 20.2. The number of hydrogen-bond donors (Lipinski definition) is 2. The van der Waals surface area contributed by atoms with Crippen molar-refractivity contribution in [3.05, 3.63) is 95.0 Å². The predicted molar refractivity (Wildman–Crippen MR) is 133 cm³/mol. The molecule has 0 amide bonds. The molecule has 0 radical (unpaired) electrons. The monoisotopic (exact) mass is 480 g/mol. The van der Waals surface area contributed by atoms with E-state index in [-0.39, 0.29) is 22.8 Å². The van der Waals surface area contributed by atoms with Crippen LogP contribution in [-0.4, -0.2) is 15.0 Å². The van der Waals surface area contributed by atoms with Crippen molar-refractivity contribution in [2.75, 3.05) is 16.6 Å². The number of sulfonamides is 1. The average Bonchev–Trinajstić information content (AvgIpc) is 3.30. The first-order valence-electron chi connectivity index (χ1n) is 11.0. The van der Waals surface area contributed by atoms with Gasteiger partial charge in [0.25, 0.3) is 10.0 Å². The van der Waals surface area contributed by atoms with Crippen molar-refractivity contribution in [2.24, 2.45) is 5.92 Å². The van der Waals surface area contributed by atoms with Crippen molar-refractivity contribution in [3.8, 4) is 5.75 Å². The molecule has 0 fully saturated rings. The lowest BCUT2D eigenvalue weighted by Gasteiger charge is -2.38. The Bertz CT molecular complexity index is 1310. The number of hydrogen-bond acceptors (Lipinski definition) is 4. The van der Waals surface area contributed by atoms with E-state index >= 15 is 0 Å². The Morgan fingerprint density at radius 3 is 2.61 bits per heavy atom. The molecule has 1 aliphatic heterocycles. The van der Waals surface area contributed by atoms with Crippen LogP contribution < -0.4 is 14.8 Å². The molecular weight excluding hydrogens is 456 g/mol. The minimum absolute atomic E-state index is 0.0654. The van der Waals surface area contributed by atoms with E-state index in [9.17, 15) is 8.42 Å². The quantitative estimate of drug-likeness (QED) is 0.402.